The summed E-state index contributed by atoms with van der Waals surface area (Å²) in [5.41, 5.74) is 2.47. The van der Waals surface area contributed by atoms with E-state index in [1.807, 2.05) is 23.1 Å². The Kier molecular flexibility index (Phi) is 5.08. The van der Waals surface area contributed by atoms with Crippen molar-refractivity contribution in [3.05, 3.63) is 54.2 Å². The van der Waals surface area contributed by atoms with Crippen molar-refractivity contribution >= 4 is 11.3 Å². The predicted molar refractivity (Wildman–Crippen MR) is 94.4 cm³/mol. The number of hydrogen-bond donors (Lipinski definition) is 0. The third kappa shape index (κ3) is 3.84. The minimum absolute atomic E-state index is 0.0991. The van der Waals surface area contributed by atoms with Crippen LogP contribution in [-0.4, -0.2) is 49.2 Å². The second-order valence-corrected chi connectivity index (χ2v) is 6.21. The fraction of sp³-hybridized carbons (Fsp3) is 0.368. The van der Waals surface area contributed by atoms with Crippen LogP contribution in [0.5, 0.6) is 5.88 Å². The first-order chi connectivity index (χ1) is 12.8. The molecule has 2 aliphatic rings. The van der Waals surface area contributed by atoms with Crippen LogP contribution in [0.25, 0.3) is 5.57 Å². The molecule has 26 heavy (non-hydrogen) atoms. The lowest BCUT2D eigenvalue weighted by molar-refractivity contribution is 0.0715. The van der Waals surface area contributed by atoms with E-state index in [-0.39, 0.29) is 11.9 Å². The first-order valence-electron chi connectivity index (χ1n) is 8.61. The molecule has 136 valence electrons. The molecule has 0 saturated carbocycles. The average molecular weight is 357 g/mol. The zero-order valence-corrected chi connectivity index (χ0v) is 14.3. The van der Waals surface area contributed by atoms with Crippen molar-refractivity contribution in [1.82, 2.24) is 9.97 Å². The molecule has 0 unspecified atom stereocenters. The summed E-state index contributed by atoms with van der Waals surface area (Å²) in [5, 5.41) is 0. The highest BCUT2D eigenvalue weighted by molar-refractivity contribution is 5.68. The zero-order valence-electron chi connectivity index (χ0n) is 14.3. The molecule has 0 amide bonds. The molecule has 0 aliphatic carbocycles. The highest BCUT2D eigenvalue weighted by atomic mass is 19.1. The number of ether oxygens (including phenoxy) is 3. The highest BCUT2D eigenvalue weighted by Gasteiger charge is 2.25. The SMILES string of the molecule is Fc1cc(N2CO[C@@H](COc3cnccn3)C2)ccc1C1=CCOCC1. The average Bonchev–Trinajstić information content (AvgIpc) is 3.17. The van der Waals surface area contributed by atoms with Gasteiger partial charge in [-0.15, -0.1) is 0 Å². The minimum atomic E-state index is -0.213. The molecule has 0 N–H and O–H groups in total. The van der Waals surface area contributed by atoms with E-state index in [1.54, 1.807) is 24.7 Å². The number of hydrogen-bond acceptors (Lipinski definition) is 6. The summed E-state index contributed by atoms with van der Waals surface area (Å²) in [7, 11) is 0. The molecule has 1 saturated heterocycles. The molecule has 0 spiro atoms. The number of nitrogens with zero attached hydrogens (tertiary/aromatic N) is 3. The van der Waals surface area contributed by atoms with Gasteiger partial charge in [-0.2, -0.15) is 0 Å². The Morgan fingerprint density at radius 2 is 2.27 bits per heavy atom. The molecular formula is C19H20FN3O3. The van der Waals surface area contributed by atoms with Crippen molar-refractivity contribution in [2.24, 2.45) is 0 Å². The highest BCUT2D eigenvalue weighted by Crippen LogP contribution is 2.28. The minimum Gasteiger partial charge on any atom is -0.474 e. The number of anilines is 1. The smallest absolute Gasteiger partial charge is 0.232 e. The molecule has 0 radical (unpaired) electrons. The molecule has 1 aromatic heterocycles. The van der Waals surface area contributed by atoms with Crippen LogP contribution in [0.4, 0.5) is 10.1 Å². The Morgan fingerprint density at radius 1 is 1.31 bits per heavy atom. The molecule has 3 heterocycles. The summed E-state index contributed by atoms with van der Waals surface area (Å²) < 4.78 is 31.2. The van der Waals surface area contributed by atoms with E-state index in [4.69, 9.17) is 14.2 Å². The van der Waals surface area contributed by atoms with E-state index in [1.165, 1.54) is 0 Å². The van der Waals surface area contributed by atoms with Crippen LogP contribution in [0, 0.1) is 5.82 Å². The van der Waals surface area contributed by atoms with Crippen molar-refractivity contribution in [1.29, 1.82) is 0 Å². The fourth-order valence-electron chi connectivity index (χ4n) is 3.10. The van der Waals surface area contributed by atoms with Gasteiger partial charge in [-0.1, -0.05) is 6.08 Å². The molecule has 6 nitrogen and oxygen atoms in total. The maximum absolute atomic E-state index is 14.6. The molecule has 1 fully saturated rings. The van der Waals surface area contributed by atoms with Crippen LogP contribution in [0.15, 0.2) is 42.9 Å². The predicted octanol–water partition coefficient (Wildman–Crippen LogP) is 2.66. The lowest BCUT2D eigenvalue weighted by Gasteiger charge is -2.19. The van der Waals surface area contributed by atoms with Crippen LogP contribution >= 0.6 is 0 Å². The molecule has 4 rings (SSSR count). The van der Waals surface area contributed by atoms with Gasteiger partial charge in [0.2, 0.25) is 5.88 Å². The van der Waals surface area contributed by atoms with Crippen LogP contribution in [0.3, 0.4) is 0 Å². The van der Waals surface area contributed by atoms with Gasteiger partial charge >= 0.3 is 0 Å². The first-order valence-corrected chi connectivity index (χ1v) is 8.61. The largest absolute Gasteiger partial charge is 0.474 e. The normalized spacial score (nSPS) is 20.1. The summed E-state index contributed by atoms with van der Waals surface area (Å²) in [6, 6.07) is 5.34. The van der Waals surface area contributed by atoms with Gasteiger partial charge in [0.1, 0.15) is 25.3 Å². The van der Waals surface area contributed by atoms with Crippen molar-refractivity contribution < 1.29 is 18.6 Å². The third-order valence-electron chi connectivity index (χ3n) is 4.47. The van der Waals surface area contributed by atoms with Crippen molar-refractivity contribution in [3.8, 4) is 5.88 Å². The fourth-order valence-corrected chi connectivity index (χ4v) is 3.10. The maximum Gasteiger partial charge on any atom is 0.232 e. The van der Waals surface area contributed by atoms with Crippen molar-refractivity contribution in [3.63, 3.8) is 0 Å². The van der Waals surface area contributed by atoms with Gasteiger partial charge < -0.3 is 19.1 Å². The summed E-state index contributed by atoms with van der Waals surface area (Å²) in [5.74, 6) is 0.254. The van der Waals surface area contributed by atoms with Crippen LogP contribution in [0.1, 0.15) is 12.0 Å². The summed E-state index contributed by atoms with van der Waals surface area (Å²) in [6.45, 7) is 2.60. The van der Waals surface area contributed by atoms with Gasteiger partial charge in [-0.05, 0) is 30.2 Å². The van der Waals surface area contributed by atoms with E-state index >= 15 is 0 Å². The lowest BCUT2D eigenvalue weighted by atomic mass is 10.0. The Balaban J connectivity index is 1.37. The van der Waals surface area contributed by atoms with Gasteiger partial charge in [0, 0.05) is 30.2 Å². The first kappa shape index (κ1) is 16.9. The quantitative estimate of drug-likeness (QED) is 0.820. The number of halogens is 1. The molecule has 0 bridgehead atoms. The number of rotatable bonds is 5. The Labute approximate surface area is 151 Å². The van der Waals surface area contributed by atoms with E-state index in [9.17, 15) is 4.39 Å². The van der Waals surface area contributed by atoms with Crippen molar-refractivity contribution in [2.45, 2.75) is 12.5 Å². The van der Waals surface area contributed by atoms with E-state index in [2.05, 4.69) is 9.97 Å². The summed E-state index contributed by atoms with van der Waals surface area (Å²) >= 11 is 0. The Morgan fingerprint density at radius 3 is 3.04 bits per heavy atom. The lowest BCUT2D eigenvalue weighted by Crippen LogP contribution is -2.25. The van der Waals surface area contributed by atoms with E-state index < -0.39 is 0 Å². The molecular weight excluding hydrogens is 337 g/mol. The molecule has 1 atom stereocenters. The van der Waals surface area contributed by atoms with Gasteiger partial charge in [0.25, 0.3) is 0 Å². The maximum atomic E-state index is 14.6. The van der Waals surface area contributed by atoms with Crippen LogP contribution in [-0.2, 0) is 9.47 Å². The third-order valence-corrected chi connectivity index (χ3v) is 4.47. The van der Waals surface area contributed by atoms with Gasteiger partial charge in [0.15, 0.2) is 0 Å². The van der Waals surface area contributed by atoms with Crippen LogP contribution in [0.2, 0.25) is 0 Å². The van der Waals surface area contributed by atoms with E-state index in [0.29, 0.717) is 44.5 Å². The van der Waals surface area contributed by atoms with Gasteiger partial charge in [-0.3, -0.25) is 4.98 Å². The second kappa shape index (κ2) is 7.80. The summed E-state index contributed by atoms with van der Waals surface area (Å²) in [4.78, 5) is 10.0. The standard InChI is InChI=1S/C19H20FN3O3/c20-18-9-15(1-2-17(18)14-3-7-24-8-4-14)23-11-16(26-13-23)12-25-19-10-21-5-6-22-19/h1-3,5-6,9-10,16H,4,7-8,11-13H2/t16-/m1/s1. The molecule has 2 aromatic rings. The summed E-state index contributed by atoms with van der Waals surface area (Å²) in [6.07, 6.45) is 7.32. The monoisotopic (exact) mass is 357 g/mol. The topological polar surface area (TPSA) is 56.7 Å². The molecule has 2 aliphatic heterocycles. The Hall–Kier alpha value is -2.51. The number of benzene rings is 1. The van der Waals surface area contributed by atoms with Crippen LogP contribution < -0.4 is 9.64 Å². The van der Waals surface area contributed by atoms with Gasteiger partial charge in [0.05, 0.1) is 19.4 Å². The second-order valence-electron chi connectivity index (χ2n) is 6.21. The number of aromatic nitrogens is 2. The van der Waals surface area contributed by atoms with Crippen molar-refractivity contribution in [2.75, 3.05) is 38.0 Å². The zero-order chi connectivity index (χ0) is 17.8. The molecule has 7 heteroatoms. The van der Waals surface area contributed by atoms with Gasteiger partial charge in [-0.25, -0.2) is 9.37 Å². The molecule has 1 aromatic carbocycles. The van der Waals surface area contributed by atoms with E-state index in [0.717, 1.165) is 17.7 Å². The Bertz CT molecular complexity index is 785.